The molecule has 0 aliphatic carbocycles. The highest BCUT2D eigenvalue weighted by Gasteiger charge is 2.44. The van der Waals surface area contributed by atoms with Crippen LogP contribution in [0.15, 0.2) is 24.3 Å². The summed E-state index contributed by atoms with van der Waals surface area (Å²) < 4.78 is 10.8. The second kappa shape index (κ2) is 4.17. The summed E-state index contributed by atoms with van der Waals surface area (Å²) in [6.07, 6.45) is 1.08. The predicted octanol–water partition coefficient (Wildman–Crippen LogP) is 1.90. The van der Waals surface area contributed by atoms with E-state index in [-0.39, 0.29) is 5.75 Å². The molecule has 5 heteroatoms. The van der Waals surface area contributed by atoms with E-state index in [0.717, 1.165) is 12.8 Å². The standard InChI is InChI=1S/C13H15NO4/c15-11-4-2-1-3-10(11)14-7-5-13(18-12(14)16)6-8-17-9-13/h1-4,15H,5-9H2. The lowest BCUT2D eigenvalue weighted by Crippen LogP contribution is -2.50. The molecule has 18 heavy (non-hydrogen) atoms. The molecule has 0 saturated carbocycles. The summed E-state index contributed by atoms with van der Waals surface area (Å²) in [5.41, 5.74) is 0.0501. The highest BCUT2D eigenvalue weighted by atomic mass is 16.6. The summed E-state index contributed by atoms with van der Waals surface area (Å²) in [4.78, 5) is 13.5. The van der Waals surface area contributed by atoms with Crippen LogP contribution < -0.4 is 4.90 Å². The van der Waals surface area contributed by atoms with Crippen molar-refractivity contribution in [3.8, 4) is 5.75 Å². The first-order chi connectivity index (χ1) is 8.70. The molecular weight excluding hydrogens is 234 g/mol. The number of nitrogens with zero attached hydrogens (tertiary/aromatic N) is 1. The number of phenols is 1. The molecule has 1 atom stereocenters. The molecular formula is C13H15NO4. The number of carbonyl (C=O) groups is 1. The molecule has 0 bridgehead atoms. The van der Waals surface area contributed by atoms with E-state index in [1.54, 1.807) is 24.3 Å². The SMILES string of the molecule is O=C1OC2(CCOC2)CCN1c1ccccc1O. The van der Waals surface area contributed by atoms with Gasteiger partial charge >= 0.3 is 6.09 Å². The van der Waals surface area contributed by atoms with Gasteiger partial charge in [-0.25, -0.2) is 4.79 Å². The van der Waals surface area contributed by atoms with Crippen LogP contribution in [0.2, 0.25) is 0 Å². The van der Waals surface area contributed by atoms with Gasteiger partial charge in [-0.15, -0.1) is 0 Å². The molecule has 2 fully saturated rings. The monoisotopic (exact) mass is 249 g/mol. The molecule has 3 rings (SSSR count). The first-order valence-electron chi connectivity index (χ1n) is 6.06. The van der Waals surface area contributed by atoms with Gasteiger partial charge < -0.3 is 14.6 Å². The van der Waals surface area contributed by atoms with Gasteiger partial charge in [-0.05, 0) is 12.1 Å². The fourth-order valence-electron chi connectivity index (χ4n) is 2.48. The van der Waals surface area contributed by atoms with Crippen LogP contribution in [0.1, 0.15) is 12.8 Å². The number of hydrogen-bond acceptors (Lipinski definition) is 4. The second-order valence-electron chi connectivity index (χ2n) is 4.74. The van der Waals surface area contributed by atoms with Crippen molar-refractivity contribution in [3.63, 3.8) is 0 Å². The maximum atomic E-state index is 12.0. The Morgan fingerprint density at radius 1 is 1.28 bits per heavy atom. The number of rotatable bonds is 1. The van der Waals surface area contributed by atoms with E-state index >= 15 is 0 Å². The van der Waals surface area contributed by atoms with E-state index in [0.29, 0.717) is 25.4 Å². The molecule has 1 spiro atoms. The molecule has 1 unspecified atom stereocenters. The molecule has 1 N–H and O–H groups in total. The molecule has 5 nitrogen and oxygen atoms in total. The minimum absolute atomic E-state index is 0.0908. The van der Waals surface area contributed by atoms with Crippen molar-refractivity contribution < 1.29 is 19.4 Å². The summed E-state index contributed by atoms with van der Waals surface area (Å²) in [6.45, 7) is 1.66. The lowest BCUT2D eigenvalue weighted by molar-refractivity contribution is -0.0112. The summed E-state index contributed by atoms with van der Waals surface area (Å²) in [7, 11) is 0. The highest BCUT2D eigenvalue weighted by Crippen LogP contribution is 2.36. The van der Waals surface area contributed by atoms with E-state index in [2.05, 4.69) is 0 Å². The Labute approximate surface area is 105 Å². The third-order valence-corrected chi connectivity index (χ3v) is 3.55. The van der Waals surface area contributed by atoms with Gasteiger partial charge in [0.2, 0.25) is 0 Å². The van der Waals surface area contributed by atoms with Crippen LogP contribution in [-0.4, -0.2) is 36.6 Å². The van der Waals surface area contributed by atoms with Gasteiger partial charge in [0.05, 0.1) is 18.9 Å². The van der Waals surface area contributed by atoms with E-state index < -0.39 is 11.7 Å². The van der Waals surface area contributed by atoms with Crippen molar-refractivity contribution in [2.24, 2.45) is 0 Å². The highest BCUT2D eigenvalue weighted by molar-refractivity contribution is 5.90. The van der Waals surface area contributed by atoms with Gasteiger partial charge in [-0.1, -0.05) is 12.1 Å². The zero-order valence-electron chi connectivity index (χ0n) is 9.96. The van der Waals surface area contributed by atoms with Crippen LogP contribution in [0, 0.1) is 0 Å². The number of carbonyl (C=O) groups excluding carboxylic acids is 1. The van der Waals surface area contributed by atoms with Gasteiger partial charge in [0.1, 0.15) is 11.4 Å². The van der Waals surface area contributed by atoms with Gasteiger partial charge in [0, 0.05) is 19.4 Å². The average molecular weight is 249 g/mol. The van der Waals surface area contributed by atoms with Gasteiger partial charge in [-0.2, -0.15) is 0 Å². The maximum absolute atomic E-state index is 12.0. The van der Waals surface area contributed by atoms with Crippen LogP contribution in [0.25, 0.3) is 0 Å². The number of ether oxygens (including phenoxy) is 2. The van der Waals surface area contributed by atoms with Crippen LogP contribution in [-0.2, 0) is 9.47 Å². The Balaban J connectivity index is 1.81. The lowest BCUT2D eigenvalue weighted by Gasteiger charge is -2.37. The fraction of sp³-hybridized carbons (Fsp3) is 0.462. The zero-order chi connectivity index (χ0) is 12.6. The second-order valence-corrected chi connectivity index (χ2v) is 4.74. The Morgan fingerprint density at radius 3 is 2.78 bits per heavy atom. The lowest BCUT2D eigenvalue weighted by atomic mass is 9.97. The van der Waals surface area contributed by atoms with Crippen LogP contribution in [0.4, 0.5) is 10.5 Å². The minimum atomic E-state index is -0.446. The number of hydrogen-bond donors (Lipinski definition) is 1. The Kier molecular flexibility index (Phi) is 2.63. The molecule has 96 valence electrons. The summed E-state index contributed by atoms with van der Waals surface area (Å²) in [6, 6.07) is 6.78. The molecule has 2 aliphatic heterocycles. The zero-order valence-corrected chi connectivity index (χ0v) is 9.96. The van der Waals surface area contributed by atoms with Crippen LogP contribution in [0.3, 0.4) is 0 Å². The quantitative estimate of drug-likeness (QED) is 0.825. The number of anilines is 1. The van der Waals surface area contributed by atoms with Crippen molar-refractivity contribution in [2.75, 3.05) is 24.7 Å². The molecule has 0 radical (unpaired) electrons. The smallest absolute Gasteiger partial charge is 0.415 e. The Morgan fingerprint density at radius 2 is 2.11 bits per heavy atom. The molecule has 1 aromatic rings. The average Bonchev–Trinajstić information content (AvgIpc) is 2.79. The Bertz CT molecular complexity index is 468. The molecule has 0 aromatic heterocycles. The van der Waals surface area contributed by atoms with Crippen molar-refractivity contribution >= 4 is 11.8 Å². The number of para-hydroxylation sites is 2. The topological polar surface area (TPSA) is 59.0 Å². The normalized spacial score (nSPS) is 27.6. The first-order valence-corrected chi connectivity index (χ1v) is 6.06. The van der Waals surface area contributed by atoms with E-state index in [4.69, 9.17) is 9.47 Å². The maximum Gasteiger partial charge on any atom is 0.415 e. The van der Waals surface area contributed by atoms with E-state index in [9.17, 15) is 9.90 Å². The summed E-state index contributed by atoms with van der Waals surface area (Å²) >= 11 is 0. The van der Waals surface area contributed by atoms with Crippen molar-refractivity contribution in [3.05, 3.63) is 24.3 Å². The largest absolute Gasteiger partial charge is 0.506 e. The molecule has 2 saturated heterocycles. The molecule has 1 aromatic carbocycles. The minimum Gasteiger partial charge on any atom is -0.506 e. The number of amides is 1. The predicted molar refractivity (Wildman–Crippen MR) is 64.7 cm³/mol. The van der Waals surface area contributed by atoms with Crippen molar-refractivity contribution in [1.29, 1.82) is 0 Å². The third kappa shape index (κ3) is 1.80. The molecule has 1 amide bonds. The number of aromatic hydroxyl groups is 1. The van der Waals surface area contributed by atoms with Gasteiger partial charge in [0.15, 0.2) is 0 Å². The van der Waals surface area contributed by atoms with Gasteiger partial charge in [0.25, 0.3) is 0 Å². The van der Waals surface area contributed by atoms with Crippen molar-refractivity contribution in [2.45, 2.75) is 18.4 Å². The molecule has 2 aliphatic rings. The van der Waals surface area contributed by atoms with E-state index in [1.807, 2.05) is 0 Å². The number of benzene rings is 1. The summed E-state index contributed by atoms with van der Waals surface area (Å²) in [5, 5.41) is 9.76. The van der Waals surface area contributed by atoms with Crippen LogP contribution in [0.5, 0.6) is 5.75 Å². The third-order valence-electron chi connectivity index (χ3n) is 3.55. The van der Waals surface area contributed by atoms with Gasteiger partial charge in [-0.3, -0.25) is 4.90 Å². The fourth-order valence-corrected chi connectivity index (χ4v) is 2.48. The first kappa shape index (κ1) is 11.3. The summed E-state index contributed by atoms with van der Waals surface area (Å²) in [5.74, 6) is 0.0908. The van der Waals surface area contributed by atoms with Crippen molar-refractivity contribution in [1.82, 2.24) is 0 Å². The van der Waals surface area contributed by atoms with Crippen LogP contribution >= 0.6 is 0 Å². The number of phenolic OH excluding ortho intramolecular Hbond substituents is 1. The molecule has 2 heterocycles. The Hall–Kier alpha value is -1.75. The van der Waals surface area contributed by atoms with E-state index in [1.165, 1.54) is 4.90 Å².